The molecule has 0 fully saturated rings. The molecule has 0 aromatic heterocycles. The van der Waals surface area contributed by atoms with Crippen LogP contribution in [-0.4, -0.2) is 11.3 Å². The molecule has 140 valence electrons. The van der Waals surface area contributed by atoms with E-state index in [-0.39, 0.29) is 0 Å². The summed E-state index contributed by atoms with van der Waals surface area (Å²) in [6, 6.07) is 15.5. The Morgan fingerprint density at radius 1 is 1.04 bits per heavy atom. The van der Waals surface area contributed by atoms with Crippen LogP contribution < -0.4 is 10.6 Å². The fraction of sp³-hybridized carbons (Fsp3) is 0.478. The highest BCUT2D eigenvalue weighted by molar-refractivity contribution is 8.00. The summed E-state index contributed by atoms with van der Waals surface area (Å²) >= 11 is 2.00. The van der Waals surface area contributed by atoms with Crippen LogP contribution in [0, 0.1) is 0 Å². The number of unbranched alkanes of at least 4 members (excludes halogenated alkanes) is 3. The molecule has 3 rings (SSSR count). The lowest BCUT2D eigenvalue weighted by molar-refractivity contribution is 0.593. The van der Waals surface area contributed by atoms with E-state index in [1.165, 1.54) is 53.9 Å². The van der Waals surface area contributed by atoms with Gasteiger partial charge in [0.2, 0.25) is 0 Å². The molecule has 0 amide bonds. The first kappa shape index (κ1) is 19.2. The van der Waals surface area contributed by atoms with E-state index in [9.17, 15) is 0 Å². The summed E-state index contributed by atoms with van der Waals surface area (Å²) in [6.45, 7) is 6.92. The molecule has 2 N–H and O–H groups in total. The van der Waals surface area contributed by atoms with Gasteiger partial charge in [0, 0.05) is 27.6 Å². The molecule has 2 nitrogen and oxygen atoms in total. The molecule has 0 spiro atoms. The molecule has 0 aliphatic carbocycles. The Bertz CT molecular complexity index is 699. The van der Waals surface area contributed by atoms with Gasteiger partial charge in [0.1, 0.15) is 0 Å². The fourth-order valence-electron chi connectivity index (χ4n) is 3.62. The summed E-state index contributed by atoms with van der Waals surface area (Å²) in [5.41, 5.74) is 5.21. The summed E-state index contributed by atoms with van der Waals surface area (Å²) in [5, 5.41) is 8.04. The number of rotatable bonds is 9. The van der Waals surface area contributed by atoms with Crippen molar-refractivity contribution in [3.8, 4) is 0 Å². The Morgan fingerprint density at radius 2 is 1.81 bits per heavy atom. The van der Waals surface area contributed by atoms with Gasteiger partial charge in [-0.2, -0.15) is 0 Å². The fourth-order valence-corrected chi connectivity index (χ4v) is 4.85. The normalized spacial score (nSPS) is 17.0. The minimum Gasteiger partial charge on any atom is -0.382 e. The van der Waals surface area contributed by atoms with Gasteiger partial charge < -0.3 is 10.6 Å². The largest absolute Gasteiger partial charge is 0.382 e. The predicted octanol–water partition coefficient (Wildman–Crippen LogP) is 7.24. The van der Waals surface area contributed by atoms with Crippen molar-refractivity contribution in [3.05, 3.63) is 48.0 Å². The molecule has 0 saturated heterocycles. The van der Waals surface area contributed by atoms with Crippen LogP contribution in [0.1, 0.15) is 58.4 Å². The second-order valence-electron chi connectivity index (χ2n) is 7.49. The minimum absolute atomic E-state index is 0.532. The van der Waals surface area contributed by atoms with Crippen LogP contribution in [0.4, 0.5) is 17.1 Å². The smallest absolute Gasteiger partial charge is 0.0526 e. The third kappa shape index (κ3) is 4.97. The number of fused-ring (bicyclic) bond motifs is 1. The Labute approximate surface area is 163 Å². The number of anilines is 3. The van der Waals surface area contributed by atoms with Gasteiger partial charge in [0.05, 0.1) is 5.69 Å². The topological polar surface area (TPSA) is 24.1 Å². The van der Waals surface area contributed by atoms with Gasteiger partial charge in [0.25, 0.3) is 0 Å². The number of hydrogen-bond acceptors (Lipinski definition) is 3. The average Bonchev–Trinajstić information content (AvgIpc) is 3.04. The first-order valence-electron chi connectivity index (χ1n) is 10.1. The Morgan fingerprint density at radius 3 is 2.58 bits per heavy atom. The number of para-hydroxylation sites is 1. The standard InChI is InChI=1S/C23H32N2S/c1-4-5-6-8-11-17(2)24-21-14-15-22(23-20(21)16-18(3)26-23)25-19-12-9-7-10-13-19/h7,9-10,12-15,17-18,24-25H,4-6,8,11,16H2,1-3H3. The van der Waals surface area contributed by atoms with Crippen LogP contribution in [0.2, 0.25) is 0 Å². The number of hydrogen-bond donors (Lipinski definition) is 2. The molecule has 3 heteroatoms. The molecule has 2 aromatic carbocycles. The van der Waals surface area contributed by atoms with Crippen molar-refractivity contribution in [2.24, 2.45) is 0 Å². The second kappa shape index (κ2) is 9.36. The van der Waals surface area contributed by atoms with Gasteiger partial charge in [-0.3, -0.25) is 0 Å². The van der Waals surface area contributed by atoms with Gasteiger partial charge >= 0.3 is 0 Å². The third-order valence-electron chi connectivity index (χ3n) is 5.02. The third-order valence-corrected chi connectivity index (χ3v) is 6.29. The Balaban J connectivity index is 1.71. The van der Waals surface area contributed by atoms with Gasteiger partial charge in [-0.15, -0.1) is 11.8 Å². The van der Waals surface area contributed by atoms with Crippen LogP contribution in [0.3, 0.4) is 0 Å². The molecule has 1 heterocycles. The van der Waals surface area contributed by atoms with E-state index in [2.05, 4.69) is 73.9 Å². The number of nitrogens with one attached hydrogen (secondary N) is 2. The lowest BCUT2D eigenvalue weighted by Crippen LogP contribution is -2.16. The van der Waals surface area contributed by atoms with Crippen molar-refractivity contribution in [2.45, 2.75) is 75.5 Å². The molecule has 2 atom stereocenters. The zero-order valence-corrected chi connectivity index (χ0v) is 17.2. The molecule has 2 aromatic rings. The average molecular weight is 369 g/mol. The van der Waals surface area contributed by atoms with Gasteiger partial charge in [-0.05, 0) is 49.6 Å². The van der Waals surface area contributed by atoms with Crippen LogP contribution in [0.15, 0.2) is 47.4 Å². The summed E-state index contributed by atoms with van der Waals surface area (Å²) in [6.07, 6.45) is 7.74. The van der Waals surface area contributed by atoms with Gasteiger partial charge in [-0.1, -0.05) is 57.7 Å². The number of thioether (sulfide) groups is 1. The van der Waals surface area contributed by atoms with E-state index in [0.29, 0.717) is 11.3 Å². The molecular formula is C23H32N2S. The Kier molecular flexibility index (Phi) is 6.90. The predicted molar refractivity (Wildman–Crippen MR) is 117 cm³/mol. The molecule has 0 bridgehead atoms. The van der Waals surface area contributed by atoms with Crippen LogP contribution in [-0.2, 0) is 6.42 Å². The molecule has 2 unspecified atom stereocenters. The second-order valence-corrected chi connectivity index (χ2v) is 8.94. The highest BCUT2D eigenvalue weighted by Crippen LogP contribution is 2.46. The van der Waals surface area contributed by atoms with Gasteiger partial charge in [0.15, 0.2) is 0 Å². The maximum atomic E-state index is 3.79. The first-order valence-corrected chi connectivity index (χ1v) is 11.0. The highest BCUT2D eigenvalue weighted by atomic mass is 32.2. The van der Waals surface area contributed by atoms with Crippen molar-refractivity contribution in [1.29, 1.82) is 0 Å². The quantitative estimate of drug-likeness (QED) is 0.456. The van der Waals surface area contributed by atoms with E-state index in [1.807, 2.05) is 11.8 Å². The minimum atomic E-state index is 0.532. The summed E-state index contributed by atoms with van der Waals surface area (Å²) in [5.74, 6) is 0. The van der Waals surface area contributed by atoms with Crippen molar-refractivity contribution < 1.29 is 0 Å². The van der Waals surface area contributed by atoms with Crippen molar-refractivity contribution >= 4 is 28.8 Å². The van der Waals surface area contributed by atoms with E-state index in [1.54, 1.807) is 0 Å². The number of benzene rings is 2. The van der Waals surface area contributed by atoms with Gasteiger partial charge in [-0.25, -0.2) is 0 Å². The maximum Gasteiger partial charge on any atom is 0.0526 e. The lowest BCUT2D eigenvalue weighted by Gasteiger charge is -2.19. The van der Waals surface area contributed by atoms with E-state index >= 15 is 0 Å². The molecule has 0 radical (unpaired) electrons. The maximum absolute atomic E-state index is 3.79. The first-order chi connectivity index (χ1) is 12.7. The van der Waals surface area contributed by atoms with Crippen molar-refractivity contribution in [2.75, 3.05) is 10.6 Å². The van der Waals surface area contributed by atoms with E-state index in [0.717, 1.165) is 12.1 Å². The monoisotopic (exact) mass is 368 g/mol. The van der Waals surface area contributed by atoms with Crippen LogP contribution in [0.5, 0.6) is 0 Å². The lowest BCUT2D eigenvalue weighted by atomic mass is 10.0. The summed E-state index contributed by atoms with van der Waals surface area (Å²) in [4.78, 5) is 1.42. The zero-order valence-electron chi connectivity index (χ0n) is 16.3. The van der Waals surface area contributed by atoms with Crippen LogP contribution >= 0.6 is 11.8 Å². The van der Waals surface area contributed by atoms with E-state index < -0.39 is 0 Å². The highest BCUT2D eigenvalue weighted by Gasteiger charge is 2.25. The van der Waals surface area contributed by atoms with Crippen molar-refractivity contribution in [3.63, 3.8) is 0 Å². The van der Waals surface area contributed by atoms with E-state index in [4.69, 9.17) is 0 Å². The molecule has 26 heavy (non-hydrogen) atoms. The molecule has 1 aliphatic rings. The molecular weight excluding hydrogens is 336 g/mol. The van der Waals surface area contributed by atoms with Crippen molar-refractivity contribution in [1.82, 2.24) is 0 Å². The van der Waals surface area contributed by atoms with Crippen LogP contribution in [0.25, 0.3) is 0 Å². The SMILES string of the molecule is CCCCCCC(C)Nc1ccc(Nc2ccccc2)c2c1CC(C)S2. The summed E-state index contributed by atoms with van der Waals surface area (Å²) < 4.78 is 0. The molecule has 1 aliphatic heterocycles. The Hall–Kier alpha value is -1.61. The summed E-state index contributed by atoms with van der Waals surface area (Å²) in [7, 11) is 0. The zero-order chi connectivity index (χ0) is 18.4. The molecule has 0 saturated carbocycles.